The molecule has 0 amide bonds. The van der Waals surface area contributed by atoms with Crippen LogP contribution in [0.25, 0.3) is 11.3 Å². The fourth-order valence-corrected chi connectivity index (χ4v) is 2.43. The number of anilines is 1. The number of aryl methyl sites for hydroxylation is 1. The van der Waals surface area contributed by atoms with E-state index in [2.05, 4.69) is 19.8 Å². The van der Waals surface area contributed by atoms with Crippen molar-refractivity contribution in [3.05, 3.63) is 46.4 Å². The lowest BCUT2D eigenvalue weighted by Gasteiger charge is -2.09. The maximum absolute atomic E-state index is 11.7. The van der Waals surface area contributed by atoms with E-state index in [-0.39, 0.29) is 5.70 Å². The first kappa shape index (κ1) is 16.7. The molecule has 0 bridgehead atoms. The smallest absolute Gasteiger partial charge is 0.354 e. The summed E-state index contributed by atoms with van der Waals surface area (Å²) in [6.45, 7) is 1.95. The highest BCUT2D eigenvalue weighted by Gasteiger charge is 2.13. The zero-order valence-electron chi connectivity index (χ0n) is 13.0. The Morgan fingerprint density at radius 1 is 1.17 bits per heavy atom. The molecule has 6 nitrogen and oxygen atoms in total. The molecule has 0 fully saturated rings. The van der Waals surface area contributed by atoms with E-state index in [0.29, 0.717) is 5.69 Å². The Labute approximate surface area is 137 Å². The van der Waals surface area contributed by atoms with Gasteiger partial charge in [-0.2, -0.15) is 0 Å². The topological polar surface area (TPSA) is 77.5 Å². The molecular formula is C16H16N2O4S. The molecule has 0 aliphatic rings. The average Bonchev–Trinajstić information content (AvgIpc) is 3.00. The highest BCUT2D eigenvalue weighted by molar-refractivity contribution is 7.09. The van der Waals surface area contributed by atoms with Gasteiger partial charge in [-0.05, 0) is 19.1 Å². The third-order valence-electron chi connectivity index (χ3n) is 2.95. The van der Waals surface area contributed by atoms with Crippen LogP contribution in [-0.2, 0) is 19.1 Å². The molecule has 2 aromatic rings. The van der Waals surface area contributed by atoms with Crippen molar-refractivity contribution in [2.75, 3.05) is 19.5 Å². The Morgan fingerprint density at radius 3 is 2.39 bits per heavy atom. The molecule has 0 unspecified atom stereocenters. The summed E-state index contributed by atoms with van der Waals surface area (Å²) in [6, 6.07) is 7.34. The van der Waals surface area contributed by atoms with Crippen LogP contribution in [0.2, 0.25) is 0 Å². The summed E-state index contributed by atoms with van der Waals surface area (Å²) < 4.78 is 9.16. The lowest BCUT2D eigenvalue weighted by molar-refractivity contribution is -0.138. The van der Waals surface area contributed by atoms with Gasteiger partial charge in [0.25, 0.3) is 0 Å². The molecule has 120 valence electrons. The maximum atomic E-state index is 11.7. The molecule has 1 N–H and O–H groups in total. The zero-order valence-corrected chi connectivity index (χ0v) is 13.8. The van der Waals surface area contributed by atoms with Crippen LogP contribution in [0.3, 0.4) is 0 Å². The fraction of sp³-hybridized carbons (Fsp3) is 0.188. The van der Waals surface area contributed by atoms with Gasteiger partial charge in [0.15, 0.2) is 0 Å². The van der Waals surface area contributed by atoms with Crippen molar-refractivity contribution in [3.63, 3.8) is 0 Å². The maximum Gasteiger partial charge on any atom is 0.354 e. The molecule has 0 atom stereocenters. The van der Waals surface area contributed by atoms with Gasteiger partial charge in [0.1, 0.15) is 5.70 Å². The van der Waals surface area contributed by atoms with Crippen LogP contribution in [0.5, 0.6) is 0 Å². The molecule has 0 spiro atoms. The van der Waals surface area contributed by atoms with Crippen molar-refractivity contribution < 1.29 is 19.1 Å². The van der Waals surface area contributed by atoms with Crippen molar-refractivity contribution in [2.45, 2.75) is 6.92 Å². The van der Waals surface area contributed by atoms with Crippen LogP contribution >= 0.6 is 11.3 Å². The molecule has 2 rings (SSSR count). The van der Waals surface area contributed by atoms with Gasteiger partial charge in [0.05, 0.1) is 31.0 Å². The Morgan fingerprint density at radius 2 is 1.87 bits per heavy atom. The van der Waals surface area contributed by atoms with E-state index in [9.17, 15) is 9.59 Å². The van der Waals surface area contributed by atoms with Crippen LogP contribution < -0.4 is 5.32 Å². The molecular weight excluding hydrogens is 316 g/mol. The fourth-order valence-electron chi connectivity index (χ4n) is 1.81. The molecule has 0 aliphatic carbocycles. The van der Waals surface area contributed by atoms with E-state index in [4.69, 9.17) is 0 Å². The molecule has 23 heavy (non-hydrogen) atoms. The van der Waals surface area contributed by atoms with Crippen molar-refractivity contribution >= 4 is 29.0 Å². The van der Waals surface area contributed by atoms with Gasteiger partial charge in [0.2, 0.25) is 0 Å². The molecule has 0 radical (unpaired) electrons. The van der Waals surface area contributed by atoms with Gasteiger partial charge in [0, 0.05) is 16.6 Å². The van der Waals surface area contributed by atoms with Crippen molar-refractivity contribution in [2.24, 2.45) is 0 Å². The number of ether oxygens (including phenoxy) is 2. The first-order chi connectivity index (χ1) is 11.0. The standard InChI is InChI=1S/C16H16N2O4S/c1-10-17-14(9-23-10)11-4-6-12(7-5-11)18-13(16(20)22-3)8-15(19)21-2/h4-9,18H,1-3H3/b13-8+. The Kier molecular flexibility index (Phi) is 5.48. The van der Waals surface area contributed by atoms with E-state index in [1.165, 1.54) is 14.2 Å². The minimum Gasteiger partial charge on any atom is -0.466 e. The van der Waals surface area contributed by atoms with Gasteiger partial charge in [-0.3, -0.25) is 0 Å². The summed E-state index contributed by atoms with van der Waals surface area (Å²) in [5.74, 6) is -1.30. The van der Waals surface area contributed by atoms with Gasteiger partial charge in [-0.15, -0.1) is 11.3 Å². The van der Waals surface area contributed by atoms with E-state index in [0.717, 1.165) is 22.3 Å². The third kappa shape index (κ3) is 4.40. The molecule has 1 heterocycles. The first-order valence-electron chi connectivity index (χ1n) is 6.71. The number of aromatic nitrogens is 1. The molecule has 0 saturated carbocycles. The zero-order chi connectivity index (χ0) is 16.8. The number of benzene rings is 1. The SMILES string of the molecule is COC(=O)/C=C(/Nc1ccc(-c2csc(C)n2)cc1)C(=O)OC. The van der Waals surface area contributed by atoms with Gasteiger partial charge < -0.3 is 14.8 Å². The summed E-state index contributed by atoms with van der Waals surface area (Å²) in [5.41, 5.74) is 2.51. The highest BCUT2D eigenvalue weighted by Crippen LogP contribution is 2.23. The predicted octanol–water partition coefficient (Wildman–Crippen LogP) is 2.76. The third-order valence-corrected chi connectivity index (χ3v) is 3.72. The summed E-state index contributed by atoms with van der Waals surface area (Å²) in [7, 11) is 2.47. The number of thiazole rings is 1. The Hall–Kier alpha value is -2.67. The number of hydrogen-bond donors (Lipinski definition) is 1. The Balaban J connectivity index is 2.19. The van der Waals surface area contributed by atoms with Crippen LogP contribution in [0.4, 0.5) is 5.69 Å². The molecule has 7 heteroatoms. The number of methoxy groups -OCH3 is 2. The lowest BCUT2D eigenvalue weighted by atomic mass is 10.1. The number of hydrogen-bond acceptors (Lipinski definition) is 7. The van der Waals surface area contributed by atoms with E-state index >= 15 is 0 Å². The van der Waals surface area contributed by atoms with Crippen molar-refractivity contribution in [3.8, 4) is 11.3 Å². The van der Waals surface area contributed by atoms with E-state index in [1.54, 1.807) is 23.5 Å². The molecule has 1 aromatic heterocycles. The number of esters is 2. The van der Waals surface area contributed by atoms with Crippen LogP contribution in [-0.4, -0.2) is 31.1 Å². The molecule has 1 aromatic carbocycles. The summed E-state index contributed by atoms with van der Waals surface area (Å²) >= 11 is 1.58. The number of rotatable bonds is 5. The number of carbonyl (C=O) groups excluding carboxylic acids is 2. The first-order valence-corrected chi connectivity index (χ1v) is 7.59. The second kappa shape index (κ2) is 7.55. The van der Waals surface area contributed by atoms with E-state index in [1.807, 2.05) is 24.4 Å². The van der Waals surface area contributed by atoms with Gasteiger partial charge in [-0.1, -0.05) is 12.1 Å². The monoisotopic (exact) mass is 332 g/mol. The lowest BCUT2D eigenvalue weighted by Crippen LogP contribution is -2.15. The van der Waals surface area contributed by atoms with Crippen LogP contribution in [0, 0.1) is 6.92 Å². The van der Waals surface area contributed by atoms with Crippen molar-refractivity contribution in [1.29, 1.82) is 0 Å². The second-order valence-electron chi connectivity index (χ2n) is 4.53. The molecule has 0 saturated heterocycles. The minimum atomic E-state index is -0.658. The summed E-state index contributed by atoms with van der Waals surface area (Å²) in [4.78, 5) is 27.4. The van der Waals surface area contributed by atoms with Crippen molar-refractivity contribution in [1.82, 2.24) is 4.98 Å². The van der Waals surface area contributed by atoms with Gasteiger partial charge in [-0.25, -0.2) is 14.6 Å². The summed E-state index contributed by atoms with van der Waals surface area (Å²) in [6.07, 6.45) is 1.05. The van der Waals surface area contributed by atoms with Crippen LogP contribution in [0.15, 0.2) is 41.4 Å². The quantitative estimate of drug-likeness (QED) is 0.670. The average molecular weight is 332 g/mol. The molecule has 0 aliphatic heterocycles. The normalized spacial score (nSPS) is 11.0. The van der Waals surface area contributed by atoms with Crippen LogP contribution in [0.1, 0.15) is 5.01 Å². The number of nitrogens with zero attached hydrogens (tertiary/aromatic N) is 1. The van der Waals surface area contributed by atoms with Gasteiger partial charge >= 0.3 is 11.9 Å². The summed E-state index contributed by atoms with van der Waals surface area (Å²) in [5, 5.41) is 5.82. The Bertz CT molecular complexity index is 735. The second-order valence-corrected chi connectivity index (χ2v) is 5.59. The number of carbonyl (C=O) groups is 2. The highest BCUT2D eigenvalue weighted by atomic mass is 32.1. The number of nitrogens with one attached hydrogen (secondary N) is 1. The predicted molar refractivity (Wildman–Crippen MR) is 88.0 cm³/mol. The largest absolute Gasteiger partial charge is 0.466 e. The minimum absolute atomic E-state index is 0.00315. The van der Waals surface area contributed by atoms with E-state index < -0.39 is 11.9 Å².